The highest BCUT2D eigenvalue weighted by atomic mass is 32.2. The van der Waals surface area contributed by atoms with Crippen LogP contribution >= 0.6 is 11.8 Å². The molecule has 3 aromatic carbocycles. The third-order valence-electron chi connectivity index (χ3n) is 5.52. The molecule has 0 N–H and O–H groups in total. The Labute approximate surface area is 193 Å². The van der Waals surface area contributed by atoms with Crippen LogP contribution in [0, 0.1) is 6.92 Å². The van der Waals surface area contributed by atoms with Crippen molar-refractivity contribution in [3.05, 3.63) is 101 Å². The monoisotopic (exact) mass is 442 g/mol. The van der Waals surface area contributed by atoms with E-state index in [0.717, 1.165) is 28.1 Å². The molecular weight excluding hydrogens is 416 g/mol. The molecule has 1 heterocycles. The summed E-state index contributed by atoms with van der Waals surface area (Å²) in [5.74, 6) is -0.575. The van der Waals surface area contributed by atoms with Crippen LogP contribution in [-0.2, 0) is 16.0 Å². The van der Waals surface area contributed by atoms with Crippen LogP contribution in [0.1, 0.15) is 25.0 Å². The summed E-state index contributed by atoms with van der Waals surface area (Å²) in [6.07, 6.45) is 0.901. The summed E-state index contributed by atoms with van der Waals surface area (Å²) in [5, 5.41) is 0. The van der Waals surface area contributed by atoms with Crippen LogP contribution in [0.3, 0.4) is 0 Å². The van der Waals surface area contributed by atoms with Crippen LogP contribution in [0.15, 0.2) is 94.4 Å². The van der Waals surface area contributed by atoms with Gasteiger partial charge in [-0.3, -0.25) is 9.59 Å². The van der Waals surface area contributed by atoms with E-state index in [-0.39, 0.29) is 11.8 Å². The highest BCUT2D eigenvalue weighted by Crippen LogP contribution is 2.40. The predicted molar refractivity (Wildman–Crippen MR) is 132 cm³/mol. The Kier molecular flexibility index (Phi) is 6.47. The summed E-state index contributed by atoms with van der Waals surface area (Å²) in [6.45, 7) is 6.67. The van der Waals surface area contributed by atoms with Crippen molar-refractivity contribution >= 4 is 35.0 Å². The van der Waals surface area contributed by atoms with Gasteiger partial charge in [-0.2, -0.15) is 0 Å². The van der Waals surface area contributed by atoms with Crippen LogP contribution in [0.25, 0.3) is 0 Å². The molecule has 4 rings (SSSR count). The van der Waals surface area contributed by atoms with Gasteiger partial charge in [-0.1, -0.05) is 66.7 Å². The summed E-state index contributed by atoms with van der Waals surface area (Å²) in [4.78, 5) is 31.9. The number of aryl methyl sites for hydroxylation is 2. The lowest BCUT2D eigenvalue weighted by Crippen LogP contribution is -2.35. The van der Waals surface area contributed by atoms with Crippen molar-refractivity contribution in [3.63, 3.8) is 0 Å². The number of thioether (sulfide) groups is 1. The molecule has 5 heteroatoms. The first kappa shape index (κ1) is 21.9. The predicted octanol–water partition coefficient (Wildman–Crippen LogP) is 5.96. The number of imide groups is 1. The molecule has 0 saturated heterocycles. The highest BCUT2D eigenvalue weighted by molar-refractivity contribution is 8.04. The van der Waals surface area contributed by atoms with Crippen LogP contribution in [-0.4, -0.2) is 18.4 Å². The fraction of sp³-hybridized carbons (Fsp3) is 0.185. The summed E-state index contributed by atoms with van der Waals surface area (Å²) in [7, 11) is 0. The van der Waals surface area contributed by atoms with E-state index in [1.807, 2.05) is 97.6 Å². The number of carbonyl (C=O) groups excluding carboxylic acids is 2. The SMILES string of the molecule is CCc1ccc(N2C(=O)C(Sc3ccc(C)cc3)=C(N(CC)c3ccccc3)C2=O)cc1. The molecule has 0 bridgehead atoms. The van der Waals surface area contributed by atoms with Crippen molar-refractivity contribution in [2.24, 2.45) is 0 Å². The van der Waals surface area contributed by atoms with Gasteiger partial charge in [0.25, 0.3) is 11.8 Å². The normalized spacial score (nSPS) is 13.8. The number of likely N-dealkylation sites (N-methyl/N-ethyl adjacent to an activating group) is 1. The molecule has 0 saturated carbocycles. The lowest BCUT2D eigenvalue weighted by atomic mass is 10.1. The molecule has 2 amide bonds. The van der Waals surface area contributed by atoms with Crippen molar-refractivity contribution < 1.29 is 9.59 Å². The average molecular weight is 443 g/mol. The van der Waals surface area contributed by atoms with Gasteiger partial charge in [-0.25, -0.2) is 4.90 Å². The Balaban J connectivity index is 1.80. The number of hydrogen-bond acceptors (Lipinski definition) is 4. The standard InChI is InChI=1S/C27H26N2O2S/c1-4-20-13-15-22(16-14-20)29-26(30)24(28(5-2)21-9-7-6-8-10-21)25(27(29)31)32-23-17-11-19(3)12-18-23/h6-18H,4-5H2,1-3H3. The Hall–Kier alpha value is -3.31. The number of nitrogens with zero attached hydrogens (tertiary/aromatic N) is 2. The number of anilines is 2. The van der Waals surface area contributed by atoms with E-state index >= 15 is 0 Å². The Morgan fingerprint density at radius 1 is 0.812 bits per heavy atom. The molecule has 32 heavy (non-hydrogen) atoms. The fourth-order valence-corrected chi connectivity index (χ4v) is 4.73. The van der Waals surface area contributed by atoms with E-state index in [1.54, 1.807) is 0 Å². The van der Waals surface area contributed by atoms with E-state index in [9.17, 15) is 9.59 Å². The molecule has 1 aliphatic heterocycles. The molecule has 0 aromatic heterocycles. The van der Waals surface area contributed by atoms with Gasteiger partial charge >= 0.3 is 0 Å². The van der Waals surface area contributed by atoms with Gasteiger partial charge in [0, 0.05) is 17.1 Å². The second-order valence-electron chi connectivity index (χ2n) is 7.64. The van der Waals surface area contributed by atoms with Crippen molar-refractivity contribution in [2.75, 3.05) is 16.3 Å². The minimum Gasteiger partial charge on any atom is -0.336 e. The third kappa shape index (κ3) is 4.21. The molecule has 0 unspecified atom stereocenters. The topological polar surface area (TPSA) is 40.6 Å². The lowest BCUT2D eigenvalue weighted by molar-refractivity contribution is -0.120. The van der Waals surface area contributed by atoms with Gasteiger partial charge in [-0.05, 0) is 62.2 Å². The number of para-hydroxylation sites is 1. The van der Waals surface area contributed by atoms with Gasteiger partial charge in [-0.15, -0.1) is 0 Å². The van der Waals surface area contributed by atoms with E-state index in [1.165, 1.54) is 16.7 Å². The smallest absolute Gasteiger partial charge is 0.283 e. The van der Waals surface area contributed by atoms with Gasteiger partial charge in [0.15, 0.2) is 0 Å². The molecule has 4 nitrogen and oxygen atoms in total. The zero-order valence-electron chi connectivity index (χ0n) is 18.5. The van der Waals surface area contributed by atoms with Crippen LogP contribution in [0.2, 0.25) is 0 Å². The number of hydrogen-bond donors (Lipinski definition) is 0. The number of benzene rings is 3. The Bertz CT molecular complexity index is 1150. The van der Waals surface area contributed by atoms with E-state index in [0.29, 0.717) is 22.8 Å². The quantitative estimate of drug-likeness (QED) is 0.423. The summed E-state index contributed by atoms with van der Waals surface area (Å²) >= 11 is 1.35. The molecule has 0 aliphatic carbocycles. The molecule has 0 radical (unpaired) electrons. The van der Waals surface area contributed by atoms with Crippen LogP contribution in [0.5, 0.6) is 0 Å². The van der Waals surface area contributed by atoms with Gasteiger partial charge in [0.05, 0.1) is 5.69 Å². The molecule has 0 atom stereocenters. The van der Waals surface area contributed by atoms with E-state index in [2.05, 4.69) is 6.92 Å². The van der Waals surface area contributed by atoms with E-state index in [4.69, 9.17) is 0 Å². The lowest BCUT2D eigenvalue weighted by Gasteiger charge is -2.24. The van der Waals surface area contributed by atoms with Crippen molar-refractivity contribution in [2.45, 2.75) is 32.1 Å². The molecule has 1 aliphatic rings. The molecule has 0 fully saturated rings. The highest BCUT2D eigenvalue weighted by Gasteiger charge is 2.42. The largest absolute Gasteiger partial charge is 0.336 e. The Morgan fingerprint density at radius 3 is 2.06 bits per heavy atom. The van der Waals surface area contributed by atoms with Crippen LogP contribution < -0.4 is 9.80 Å². The first-order chi connectivity index (χ1) is 15.5. The number of amides is 2. The molecular formula is C27H26N2O2S. The minimum atomic E-state index is -0.292. The van der Waals surface area contributed by atoms with Gasteiger partial charge < -0.3 is 4.90 Å². The van der Waals surface area contributed by atoms with Crippen molar-refractivity contribution in [1.82, 2.24) is 0 Å². The van der Waals surface area contributed by atoms with Crippen molar-refractivity contribution in [3.8, 4) is 0 Å². The summed E-state index contributed by atoms with van der Waals surface area (Å²) in [6, 6.07) is 25.4. The first-order valence-corrected chi connectivity index (χ1v) is 11.6. The molecule has 162 valence electrons. The maximum atomic E-state index is 13.7. The fourth-order valence-electron chi connectivity index (χ4n) is 3.75. The Morgan fingerprint density at radius 2 is 1.47 bits per heavy atom. The van der Waals surface area contributed by atoms with Crippen molar-refractivity contribution in [1.29, 1.82) is 0 Å². The number of carbonyl (C=O) groups is 2. The molecule has 0 spiro atoms. The zero-order valence-corrected chi connectivity index (χ0v) is 19.4. The average Bonchev–Trinajstić information content (AvgIpc) is 3.06. The maximum absolute atomic E-state index is 13.7. The maximum Gasteiger partial charge on any atom is 0.283 e. The van der Waals surface area contributed by atoms with Gasteiger partial charge in [0.1, 0.15) is 10.6 Å². The zero-order chi connectivity index (χ0) is 22.7. The first-order valence-electron chi connectivity index (χ1n) is 10.8. The van der Waals surface area contributed by atoms with Crippen LogP contribution in [0.4, 0.5) is 11.4 Å². The van der Waals surface area contributed by atoms with E-state index < -0.39 is 0 Å². The second kappa shape index (κ2) is 9.45. The number of rotatable bonds is 7. The minimum absolute atomic E-state index is 0.283. The van der Waals surface area contributed by atoms with Gasteiger partial charge in [0.2, 0.25) is 0 Å². The second-order valence-corrected chi connectivity index (χ2v) is 8.72. The summed E-state index contributed by atoms with van der Waals surface area (Å²) < 4.78 is 0. The third-order valence-corrected chi connectivity index (χ3v) is 6.60. The summed E-state index contributed by atoms with van der Waals surface area (Å²) in [5.41, 5.74) is 4.22. The molecule has 3 aromatic rings.